The number of benzene rings is 2. The van der Waals surface area contributed by atoms with Gasteiger partial charge in [-0.1, -0.05) is 44.2 Å². The van der Waals surface area contributed by atoms with E-state index in [1.54, 1.807) is 0 Å². The van der Waals surface area contributed by atoms with Gasteiger partial charge < -0.3 is 10.5 Å². The van der Waals surface area contributed by atoms with E-state index in [-0.39, 0.29) is 16.7 Å². The second-order valence-electron chi connectivity index (χ2n) is 8.47. The Morgan fingerprint density at radius 1 is 1.12 bits per heavy atom. The third kappa shape index (κ3) is 2.88. The van der Waals surface area contributed by atoms with Crippen LogP contribution in [-0.4, -0.2) is 23.9 Å². The van der Waals surface area contributed by atoms with Gasteiger partial charge in [0.15, 0.2) is 0 Å². The van der Waals surface area contributed by atoms with Gasteiger partial charge in [-0.25, -0.2) is 0 Å². The van der Waals surface area contributed by atoms with E-state index >= 15 is 0 Å². The summed E-state index contributed by atoms with van der Waals surface area (Å²) in [6.07, 6.45) is 0.903. The van der Waals surface area contributed by atoms with Crippen LogP contribution in [0.4, 0.5) is 0 Å². The second kappa shape index (κ2) is 6.13. The molecule has 0 spiro atoms. The van der Waals surface area contributed by atoms with Crippen LogP contribution in [-0.2, 0) is 11.3 Å². The molecule has 136 valence electrons. The zero-order valence-electron chi connectivity index (χ0n) is 15.4. The van der Waals surface area contributed by atoms with Crippen LogP contribution in [0.25, 0.3) is 0 Å². The fraction of sp³-hybridized carbons (Fsp3) is 0.409. The molecule has 1 saturated heterocycles. The molecule has 1 amide bonds. The van der Waals surface area contributed by atoms with Crippen molar-refractivity contribution in [1.82, 2.24) is 4.90 Å². The van der Waals surface area contributed by atoms with Crippen LogP contribution in [0.1, 0.15) is 25.8 Å². The molecule has 2 fully saturated rings. The first-order valence-corrected chi connectivity index (χ1v) is 9.23. The summed E-state index contributed by atoms with van der Waals surface area (Å²) < 4.78 is 5.85. The number of likely N-dealkylation sites (tertiary alicyclic amines) is 1. The summed E-state index contributed by atoms with van der Waals surface area (Å²) in [5.74, 6) is 1.90. The molecule has 2 aromatic rings. The Balaban J connectivity index is 1.41. The van der Waals surface area contributed by atoms with E-state index in [0.29, 0.717) is 5.92 Å². The molecule has 4 nitrogen and oxygen atoms in total. The number of nitrogens with two attached hydrogens (primary N) is 1. The number of rotatable bonds is 5. The Kier molecular flexibility index (Phi) is 4.03. The number of ether oxygens (including phenoxy) is 1. The molecule has 1 aliphatic heterocycles. The van der Waals surface area contributed by atoms with Crippen molar-refractivity contribution < 1.29 is 9.53 Å². The number of para-hydroxylation sites is 1. The van der Waals surface area contributed by atoms with Crippen molar-refractivity contribution in [1.29, 1.82) is 0 Å². The van der Waals surface area contributed by atoms with Crippen LogP contribution < -0.4 is 10.5 Å². The van der Waals surface area contributed by atoms with Crippen molar-refractivity contribution in [3.63, 3.8) is 0 Å². The number of fused-ring (bicyclic) bond motifs is 1. The molecule has 4 heteroatoms. The SMILES string of the molecule is CC1(C)C[C@]2(C(N)=O)CN(Cc3ccc(Oc4ccccc4)cc3)C[C@H]12. The van der Waals surface area contributed by atoms with E-state index in [2.05, 4.69) is 30.9 Å². The summed E-state index contributed by atoms with van der Waals surface area (Å²) in [4.78, 5) is 14.4. The molecule has 1 aliphatic carbocycles. The molecule has 0 radical (unpaired) electrons. The van der Waals surface area contributed by atoms with E-state index in [0.717, 1.165) is 37.6 Å². The second-order valence-corrected chi connectivity index (χ2v) is 8.47. The van der Waals surface area contributed by atoms with Gasteiger partial charge in [-0.15, -0.1) is 0 Å². The van der Waals surface area contributed by atoms with E-state index in [4.69, 9.17) is 10.5 Å². The van der Waals surface area contributed by atoms with Gasteiger partial charge in [0.1, 0.15) is 11.5 Å². The van der Waals surface area contributed by atoms with E-state index in [1.807, 2.05) is 42.5 Å². The van der Waals surface area contributed by atoms with Gasteiger partial charge in [-0.05, 0) is 47.6 Å². The Hall–Kier alpha value is -2.33. The monoisotopic (exact) mass is 350 g/mol. The lowest BCUT2D eigenvalue weighted by atomic mass is 9.48. The number of carbonyl (C=O) groups is 1. The zero-order valence-corrected chi connectivity index (χ0v) is 15.4. The predicted octanol–water partition coefficient (Wildman–Crippen LogP) is 3.81. The van der Waals surface area contributed by atoms with Gasteiger partial charge in [-0.2, -0.15) is 0 Å². The highest BCUT2D eigenvalue weighted by molar-refractivity contribution is 5.83. The number of carbonyl (C=O) groups excluding carboxylic acids is 1. The minimum Gasteiger partial charge on any atom is -0.457 e. The molecule has 0 aromatic heterocycles. The molecular formula is C22H26N2O2. The lowest BCUT2D eigenvalue weighted by Gasteiger charge is -2.54. The Bertz CT molecular complexity index is 801. The van der Waals surface area contributed by atoms with Crippen LogP contribution in [0.5, 0.6) is 11.5 Å². The molecule has 2 aromatic carbocycles. The molecule has 26 heavy (non-hydrogen) atoms. The minimum atomic E-state index is -0.320. The minimum absolute atomic E-state index is 0.129. The fourth-order valence-electron chi connectivity index (χ4n) is 4.99. The molecular weight excluding hydrogens is 324 g/mol. The lowest BCUT2D eigenvalue weighted by Crippen LogP contribution is -2.59. The Morgan fingerprint density at radius 3 is 2.35 bits per heavy atom. The van der Waals surface area contributed by atoms with Crippen LogP contribution in [0.3, 0.4) is 0 Å². The van der Waals surface area contributed by atoms with Gasteiger partial charge in [-0.3, -0.25) is 9.69 Å². The maximum absolute atomic E-state index is 12.1. The van der Waals surface area contributed by atoms with E-state index < -0.39 is 0 Å². The van der Waals surface area contributed by atoms with Gasteiger partial charge in [0.25, 0.3) is 0 Å². The number of nitrogens with zero attached hydrogens (tertiary/aromatic N) is 1. The quantitative estimate of drug-likeness (QED) is 0.892. The van der Waals surface area contributed by atoms with E-state index in [9.17, 15) is 4.79 Å². The highest BCUT2D eigenvalue weighted by atomic mass is 16.5. The topological polar surface area (TPSA) is 55.6 Å². The van der Waals surface area contributed by atoms with Crippen LogP contribution in [0.15, 0.2) is 54.6 Å². The van der Waals surface area contributed by atoms with Crippen LogP contribution in [0.2, 0.25) is 0 Å². The van der Waals surface area contributed by atoms with Crippen molar-refractivity contribution in [2.75, 3.05) is 13.1 Å². The standard InChI is InChI=1S/C22H26N2O2/c1-21(2)14-22(20(23)25)15-24(13-19(21)22)12-16-8-10-18(11-9-16)26-17-6-4-3-5-7-17/h3-11,19H,12-15H2,1-2H3,(H2,23,25)/t19-,22+/m1/s1. The molecule has 0 unspecified atom stereocenters. The molecule has 2 N–H and O–H groups in total. The summed E-state index contributed by atoms with van der Waals surface area (Å²) in [6, 6.07) is 18.0. The normalized spacial score (nSPS) is 26.8. The van der Waals surface area contributed by atoms with Crippen LogP contribution >= 0.6 is 0 Å². The summed E-state index contributed by atoms with van der Waals surface area (Å²) in [5, 5.41) is 0. The third-order valence-electron chi connectivity index (χ3n) is 6.13. The van der Waals surface area contributed by atoms with Crippen molar-refractivity contribution in [2.24, 2.45) is 22.5 Å². The van der Waals surface area contributed by atoms with E-state index in [1.165, 1.54) is 5.56 Å². The molecule has 4 rings (SSSR count). The van der Waals surface area contributed by atoms with Gasteiger partial charge in [0, 0.05) is 19.6 Å². The lowest BCUT2D eigenvalue weighted by molar-refractivity contribution is -0.148. The summed E-state index contributed by atoms with van der Waals surface area (Å²) in [7, 11) is 0. The van der Waals surface area contributed by atoms with Crippen molar-refractivity contribution in [3.05, 3.63) is 60.2 Å². The summed E-state index contributed by atoms with van der Waals surface area (Å²) >= 11 is 0. The average Bonchev–Trinajstić information content (AvgIpc) is 2.93. The molecule has 1 saturated carbocycles. The first kappa shape index (κ1) is 17.1. The third-order valence-corrected chi connectivity index (χ3v) is 6.13. The van der Waals surface area contributed by atoms with Gasteiger partial charge in [0.05, 0.1) is 5.41 Å². The van der Waals surface area contributed by atoms with Crippen molar-refractivity contribution >= 4 is 5.91 Å². The Morgan fingerprint density at radius 2 is 1.77 bits per heavy atom. The highest BCUT2D eigenvalue weighted by Gasteiger charge is 2.65. The maximum Gasteiger partial charge on any atom is 0.225 e. The highest BCUT2D eigenvalue weighted by Crippen LogP contribution is 2.62. The van der Waals surface area contributed by atoms with Crippen molar-refractivity contribution in [2.45, 2.75) is 26.8 Å². The first-order valence-electron chi connectivity index (χ1n) is 9.23. The number of primary amides is 1. The Labute approximate surface area is 155 Å². The first-order chi connectivity index (χ1) is 12.4. The molecule has 0 bridgehead atoms. The van der Waals surface area contributed by atoms with Crippen molar-refractivity contribution in [3.8, 4) is 11.5 Å². The largest absolute Gasteiger partial charge is 0.457 e. The maximum atomic E-state index is 12.1. The number of hydrogen-bond acceptors (Lipinski definition) is 3. The van der Waals surface area contributed by atoms with Gasteiger partial charge in [0.2, 0.25) is 5.91 Å². The molecule has 2 aliphatic rings. The number of amides is 1. The predicted molar refractivity (Wildman–Crippen MR) is 102 cm³/mol. The molecule has 1 heterocycles. The number of hydrogen-bond donors (Lipinski definition) is 1. The summed E-state index contributed by atoms with van der Waals surface area (Å²) in [5.41, 5.74) is 6.87. The fourth-order valence-corrected chi connectivity index (χ4v) is 4.99. The zero-order chi connectivity index (χ0) is 18.4. The van der Waals surface area contributed by atoms with Crippen LogP contribution in [0, 0.1) is 16.7 Å². The summed E-state index contributed by atoms with van der Waals surface area (Å²) in [6.45, 7) is 7.06. The molecule has 2 atom stereocenters. The average molecular weight is 350 g/mol. The smallest absolute Gasteiger partial charge is 0.225 e. The van der Waals surface area contributed by atoms with Gasteiger partial charge >= 0.3 is 0 Å².